The predicted octanol–water partition coefficient (Wildman–Crippen LogP) is 0.753. The molecule has 6 nitrogen and oxygen atoms in total. The highest BCUT2D eigenvalue weighted by molar-refractivity contribution is 7.89. The van der Waals surface area contributed by atoms with Crippen molar-refractivity contribution in [2.45, 2.75) is 24.3 Å². The summed E-state index contributed by atoms with van der Waals surface area (Å²) in [6, 6.07) is 4.58. The Balaban J connectivity index is 2.44. The van der Waals surface area contributed by atoms with Crippen molar-refractivity contribution in [1.29, 1.82) is 5.26 Å². The molecule has 0 bridgehead atoms. The number of nitrogens with zero attached hydrogens (tertiary/aromatic N) is 3. The molecular weight excluding hydrogens is 266 g/mol. The normalized spacial score (nSPS) is 20.9. The fourth-order valence-electron chi connectivity index (χ4n) is 2.09. The van der Waals surface area contributed by atoms with Crippen molar-refractivity contribution in [1.82, 2.24) is 9.29 Å². The molecule has 1 aromatic heterocycles. The van der Waals surface area contributed by atoms with E-state index < -0.39 is 10.0 Å². The summed E-state index contributed by atoms with van der Waals surface area (Å²) in [5.41, 5.74) is -0.0659. The number of nitriles is 1. The molecule has 2 heterocycles. The van der Waals surface area contributed by atoms with Gasteiger partial charge in [-0.25, -0.2) is 13.4 Å². The molecule has 1 atom stereocenters. The minimum Gasteiger partial charge on any atom is -0.378 e. The van der Waals surface area contributed by atoms with Crippen molar-refractivity contribution in [2.24, 2.45) is 0 Å². The minimum absolute atomic E-state index is 0.0298. The minimum atomic E-state index is -3.70. The highest BCUT2D eigenvalue weighted by Gasteiger charge is 2.34. The van der Waals surface area contributed by atoms with Crippen LogP contribution >= 0.6 is 0 Å². The van der Waals surface area contributed by atoms with Gasteiger partial charge in [0.2, 0.25) is 10.0 Å². The smallest absolute Gasteiger partial charge is 0.246 e. The summed E-state index contributed by atoms with van der Waals surface area (Å²) in [5.74, 6) is 0. The average Bonchev–Trinajstić information content (AvgIpc) is 2.47. The summed E-state index contributed by atoms with van der Waals surface area (Å²) in [4.78, 5) is 3.78. The maximum Gasteiger partial charge on any atom is 0.246 e. The number of pyridine rings is 1. The molecule has 0 N–H and O–H groups in total. The molecular formula is C12H15N3O3S. The predicted molar refractivity (Wildman–Crippen MR) is 67.7 cm³/mol. The lowest BCUT2D eigenvalue weighted by Crippen LogP contribution is -2.48. The molecule has 1 fully saturated rings. The Kier molecular flexibility index (Phi) is 4.14. The first-order valence-electron chi connectivity index (χ1n) is 6.06. The molecule has 1 aliphatic rings. The highest BCUT2D eigenvalue weighted by Crippen LogP contribution is 2.23. The quantitative estimate of drug-likeness (QED) is 0.816. The van der Waals surface area contributed by atoms with Gasteiger partial charge in [0.25, 0.3) is 0 Å². The molecule has 0 spiro atoms. The van der Waals surface area contributed by atoms with Crippen molar-refractivity contribution in [3.8, 4) is 6.07 Å². The lowest BCUT2D eigenvalue weighted by atomic mass is 10.2. The van der Waals surface area contributed by atoms with Crippen LogP contribution in [0.25, 0.3) is 0 Å². The third kappa shape index (κ3) is 2.61. The number of aromatic nitrogens is 1. The third-order valence-corrected chi connectivity index (χ3v) is 5.09. The third-order valence-electron chi connectivity index (χ3n) is 3.11. The zero-order valence-electron chi connectivity index (χ0n) is 10.6. The van der Waals surface area contributed by atoms with Crippen LogP contribution in [-0.2, 0) is 14.8 Å². The van der Waals surface area contributed by atoms with Crippen molar-refractivity contribution in [2.75, 3.05) is 19.8 Å². The zero-order valence-corrected chi connectivity index (χ0v) is 11.4. The average molecular weight is 281 g/mol. The molecule has 1 unspecified atom stereocenters. The second kappa shape index (κ2) is 5.65. The van der Waals surface area contributed by atoms with Crippen molar-refractivity contribution >= 4 is 10.0 Å². The number of hydrogen-bond donors (Lipinski definition) is 0. The Hall–Kier alpha value is -1.49. The van der Waals surface area contributed by atoms with Crippen molar-refractivity contribution < 1.29 is 13.2 Å². The van der Waals surface area contributed by atoms with Gasteiger partial charge in [0.1, 0.15) is 11.0 Å². The summed E-state index contributed by atoms with van der Waals surface area (Å²) < 4.78 is 31.9. The lowest BCUT2D eigenvalue weighted by Gasteiger charge is -2.33. The maximum absolute atomic E-state index is 12.6. The molecule has 2 rings (SSSR count). The van der Waals surface area contributed by atoms with Crippen LogP contribution in [0.2, 0.25) is 0 Å². The second-order valence-electron chi connectivity index (χ2n) is 4.21. The molecule has 0 radical (unpaired) electrons. The molecule has 0 aromatic carbocycles. The summed E-state index contributed by atoms with van der Waals surface area (Å²) in [6.45, 7) is 2.98. The molecule has 1 aromatic rings. The molecule has 0 saturated carbocycles. The van der Waals surface area contributed by atoms with Crippen LogP contribution < -0.4 is 0 Å². The molecule has 0 amide bonds. The van der Waals surface area contributed by atoms with Gasteiger partial charge in [0.05, 0.1) is 13.2 Å². The molecule has 102 valence electrons. The standard InChI is InChI=1S/C12H15N3O3S/c1-2-10-9-18-7-6-15(10)19(16,17)12-4-3-5-14-11(12)8-13/h3-5,10H,2,6-7,9H2,1H3. The van der Waals surface area contributed by atoms with Gasteiger partial charge in [-0.3, -0.25) is 0 Å². The van der Waals surface area contributed by atoms with Gasteiger partial charge in [-0.05, 0) is 18.6 Å². The lowest BCUT2D eigenvalue weighted by molar-refractivity contribution is 0.0314. The summed E-state index contributed by atoms with van der Waals surface area (Å²) in [5, 5.41) is 8.98. The fraction of sp³-hybridized carbons (Fsp3) is 0.500. The van der Waals surface area contributed by atoms with E-state index in [1.807, 2.05) is 13.0 Å². The van der Waals surface area contributed by atoms with Gasteiger partial charge in [-0.1, -0.05) is 6.92 Å². The largest absolute Gasteiger partial charge is 0.378 e. The SMILES string of the molecule is CCC1COCCN1S(=O)(=O)c1cccnc1C#N. The van der Waals surface area contributed by atoms with Gasteiger partial charge in [0, 0.05) is 18.8 Å². The van der Waals surface area contributed by atoms with E-state index in [0.717, 1.165) is 0 Å². The van der Waals surface area contributed by atoms with Crippen LogP contribution in [0.3, 0.4) is 0 Å². The van der Waals surface area contributed by atoms with Crippen LogP contribution in [-0.4, -0.2) is 43.5 Å². The van der Waals surface area contributed by atoms with Crippen molar-refractivity contribution in [3.05, 3.63) is 24.0 Å². The second-order valence-corrected chi connectivity index (χ2v) is 6.07. The van der Waals surface area contributed by atoms with Crippen LogP contribution in [0.4, 0.5) is 0 Å². The van der Waals surface area contributed by atoms with E-state index in [9.17, 15) is 8.42 Å². The first-order chi connectivity index (χ1) is 9.11. The first-order valence-corrected chi connectivity index (χ1v) is 7.50. The Morgan fingerprint density at radius 3 is 3.11 bits per heavy atom. The van der Waals surface area contributed by atoms with E-state index in [1.165, 1.54) is 22.6 Å². The number of ether oxygens (including phenoxy) is 1. The molecule has 0 aliphatic carbocycles. The maximum atomic E-state index is 12.6. The van der Waals surface area contributed by atoms with Crippen LogP contribution in [0.5, 0.6) is 0 Å². The Bertz CT molecular complexity index is 594. The molecule has 1 saturated heterocycles. The van der Waals surface area contributed by atoms with Gasteiger partial charge in [0.15, 0.2) is 5.69 Å². The molecule has 7 heteroatoms. The van der Waals surface area contributed by atoms with Gasteiger partial charge in [-0.15, -0.1) is 0 Å². The van der Waals surface area contributed by atoms with Crippen LogP contribution in [0.1, 0.15) is 19.0 Å². The van der Waals surface area contributed by atoms with E-state index >= 15 is 0 Å². The highest BCUT2D eigenvalue weighted by atomic mass is 32.2. The number of morpholine rings is 1. The number of sulfonamides is 1. The van der Waals surface area contributed by atoms with Gasteiger partial charge >= 0.3 is 0 Å². The summed E-state index contributed by atoms with van der Waals surface area (Å²) in [6.07, 6.45) is 2.08. The fourth-order valence-corrected chi connectivity index (χ4v) is 3.85. The number of hydrogen-bond acceptors (Lipinski definition) is 5. The van der Waals surface area contributed by atoms with Gasteiger partial charge < -0.3 is 4.74 Å². The van der Waals surface area contributed by atoms with Crippen LogP contribution in [0.15, 0.2) is 23.2 Å². The summed E-state index contributed by atoms with van der Waals surface area (Å²) in [7, 11) is -3.70. The Labute approximate surface area is 112 Å². The molecule has 1 aliphatic heterocycles. The van der Waals surface area contributed by atoms with Gasteiger partial charge in [-0.2, -0.15) is 9.57 Å². The first kappa shape index (κ1) is 13.9. The van der Waals surface area contributed by atoms with Crippen LogP contribution in [0, 0.1) is 11.3 Å². The van der Waals surface area contributed by atoms with E-state index in [2.05, 4.69) is 4.98 Å². The van der Waals surface area contributed by atoms with E-state index in [4.69, 9.17) is 10.00 Å². The zero-order chi connectivity index (χ0) is 13.9. The topological polar surface area (TPSA) is 83.3 Å². The number of rotatable bonds is 3. The van der Waals surface area contributed by atoms with E-state index in [0.29, 0.717) is 26.2 Å². The monoisotopic (exact) mass is 281 g/mol. The Morgan fingerprint density at radius 2 is 2.42 bits per heavy atom. The van der Waals surface area contributed by atoms with E-state index in [-0.39, 0.29) is 16.6 Å². The molecule has 19 heavy (non-hydrogen) atoms. The summed E-state index contributed by atoms with van der Waals surface area (Å²) >= 11 is 0. The van der Waals surface area contributed by atoms with Crippen molar-refractivity contribution in [3.63, 3.8) is 0 Å². The Morgan fingerprint density at radius 1 is 1.63 bits per heavy atom. The van der Waals surface area contributed by atoms with E-state index in [1.54, 1.807) is 0 Å².